The van der Waals surface area contributed by atoms with Crippen molar-refractivity contribution in [1.29, 1.82) is 0 Å². The number of alkyl halides is 2. The number of carbonyl (C=O) groups excluding carboxylic acids is 1. The van der Waals surface area contributed by atoms with E-state index in [2.05, 4.69) is 25.7 Å². The molecule has 0 saturated carbocycles. The molecule has 0 aliphatic carbocycles. The van der Waals surface area contributed by atoms with Crippen molar-refractivity contribution < 1.29 is 13.6 Å². The van der Waals surface area contributed by atoms with Crippen LogP contribution in [0.1, 0.15) is 48.0 Å². The Balaban J connectivity index is 3.07. The van der Waals surface area contributed by atoms with Gasteiger partial charge in [0, 0.05) is 18.1 Å². The van der Waals surface area contributed by atoms with Crippen LogP contribution in [-0.4, -0.2) is 46.9 Å². The summed E-state index contributed by atoms with van der Waals surface area (Å²) in [5.41, 5.74) is -0.266. The molecule has 0 radical (unpaired) electrons. The summed E-state index contributed by atoms with van der Waals surface area (Å²) in [6, 6.07) is 0.111. The standard InChI is InChI=1S/C14H26F2N2O/c1-13(2,3)10-7-8-17(12(15)16)11(19)9-18(10)14(4,5)6/h10,12H,7-9H2,1-6H3. The van der Waals surface area contributed by atoms with Crippen molar-refractivity contribution in [1.82, 2.24) is 9.80 Å². The molecular weight excluding hydrogens is 250 g/mol. The Hall–Kier alpha value is -0.710. The minimum absolute atomic E-state index is 0.0499. The first-order valence-electron chi connectivity index (χ1n) is 6.79. The van der Waals surface area contributed by atoms with E-state index in [4.69, 9.17) is 0 Å². The second kappa shape index (κ2) is 5.35. The summed E-state index contributed by atoms with van der Waals surface area (Å²) in [7, 11) is 0. The minimum Gasteiger partial charge on any atom is -0.286 e. The number of hydrogen-bond donors (Lipinski definition) is 0. The molecule has 0 aromatic carbocycles. The number of rotatable bonds is 1. The van der Waals surface area contributed by atoms with Gasteiger partial charge in [0.1, 0.15) is 0 Å². The Bertz CT molecular complexity index is 331. The van der Waals surface area contributed by atoms with Crippen LogP contribution in [0.2, 0.25) is 0 Å². The van der Waals surface area contributed by atoms with E-state index in [1.165, 1.54) is 0 Å². The number of amides is 1. The van der Waals surface area contributed by atoms with Crippen LogP contribution in [0.15, 0.2) is 0 Å². The smallest absolute Gasteiger partial charge is 0.286 e. The van der Waals surface area contributed by atoms with Crippen molar-refractivity contribution in [3.63, 3.8) is 0 Å². The molecule has 1 heterocycles. The normalized spacial score (nSPS) is 23.9. The average Bonchev–Trinajstić information content (AvgIpc) is 2.34. The maximum absolute atomic E-state index is 12.9. The van der Waals surface area contributed by atoms with E-state index >= 15 is 0 Å². The van der Waals surface area contributed by atoms with E-state index in [9.17, 15) is 13.6 Å². The largest absolute Gasteiger partial charge is 0.317 e. The SMILES string of the molecule is CC(C)(C)C1CCN(C(F)F)C(=O)CN1C(C)(C)C. The van der Waals surface area contributed by atoms with Gasteiger partial charge in [-0.2, -0.15) is 8.78 Å². The highest BCUT2D eigenvalue weighted by atomic mass is 19.3. The first kappa shape index (κ1) is 16.3. The first-order valence-corrected chi connectivity index (χ1v) is 6.79. The second-order valence-corrected chi connectivity index (χ2v) is 7.33. The monoisotopic (exact) mass is 276 g/mol. The topological polar surface area (TPSA) is 23.6 Å². The van der Waals surface area contributed by atoms with Crippen LogP contribution in [0.3, 0.4) is 0 Å². The molecule has 1 aliphatic heterocycles. The Morgan fingerprint density at radius 2 is 1.68 bits per heavy atom. The van der Waals surface area contributed by atoms with Crippen molar-refractivity contribution >= 4 is 5.91 Å². The maximum Gasteiger partial charge on any atom is 0.317 e. The third-order valence-corrected chi connectivity index (χ3v) is 3.74. The Kier molecular flexibility index (Phi) is 4.60. The van der Waals surface area contributed by atoms with Crippen molar-refractivity contribution in [3.8, 4) is 0 Å². The van der Waals surface area contributed by atoms with Crippen LogP contribution in [0.25, 0.3) is 0 Å². The fourth-order valence-corrected chi connectivity index (χ4v) is 2.70. The summed E-state index contributed by atoms with van der Waals surface area (Å²) in [5.74, 6) is -0.475. The van der Waals surface area contributed by atoms with Crippen LogP contribution in [0, 0.1) is 5.41 Å². The van der Waals surface area contributed by atoms with Gasteiger partial charge in [-0.15, -0.1) is 0 Å². The molecule has 1 amide bonds. The van der Waals surface area contributed by atoms with Crippen LogP contribution < -0.4 is 0 Å². The highest BCUT2D eigenvalue weighted by Crippen LogP contribution is 2.34. The van der Waals surface area contributed by atoms with Gasteiger partial charge in [0.2, 0.25) is 5.91 Å². The van der Waals surface area contributed by atoms with Gasteiger partial charge in [-0.25, -0.2) is 0 Å². The van der Waals surface area contributed by atoms with Gasteiger partial charge in [0.15, 0.2) is 0 Å². The van der Waals surface area contributed by atoms with Gasteiger partial charge in [-0.05, 0) is 32.6 Å². The predicted octanol–water partition coefficient (Wildman–Crippen LogP) is 2.96. The summed E-state index contributed by atoms with van der Waals surface area (Å²) in [5, 5.41) is 0. The minimum atomic E-state index is -2.70. The van der Waals surface area contributed by atoms with Gasteiger partial charge in [0.05, 0.1) is 6.54 Å². The lowest BCUT2D eigenvalue weighted by atomic mass is 9.81. The molecule has 3 nitrogen and oxygen atoms in total. The van der Waals surface area contributed by atoms with Gasteiger partial charge in [-0.3, -0.25) is 14.6 Å². The molecule has 0 aromatic rings. The lowest BCUT2D eigenvalue weighted by Gasteiger charge is -2.45. The second-order valence-electron chi connectivity index (χ2n) is 7.33. The van der Waals surface area contributed by atoms with Crippen LogP contribution >= 0.6 is 0 Å². The zero-order chi connectivity index (χ0) is 15.0. The molecule has 0 aromatic heterocycles. The Morgan fingerprint density at radius 1 is 1.16 bits per heavy atom. The molecule has 0 spiro atoms. The van der Waals surface area contributed by atoms with Crippen molar-refractivity contribution in [2.75, 3.05) is 13.1 Å². The van der Waals surface area contributed by atoms with E-state index in [-0.39, 0.29) is 30.1 Å². The number of hydrogen-bond acceptors (Lipinski definition) is 2. The number of nitrogens with zero attached hydrogens (tertiary/aromatic N) is 2. The summed E-state index contributed by atoms with van der Waals surface area (Å²) < 4.78 is 25.8. The van der Waals surface area contributed by atoms with E-state index in [1.54, 1.807) is 0 Å². The van der Waals surface area contributed by atoms with E-state index < -0.39 is 12.5 Å². The van der Waals surface area contributed by atoms with Crippen molar-refractivity contribution in [2.45, 2.75) is 66.1 Å². The van der Waals surface area contributed by atoms with Gasteiger partial charge in [0.25, 0.3) is 0 Å². The van der Waals surface area contributed by atoms with Gasteiger partial charge in [-0.1, -0.05) is 20.8 Å². The molecular formula is C14H26F2N2O. The lowest BCUT2D eigenvalue weighted by molar-refractivity contribution is -0.145. The van der Waals surface area contributed by atoms with Crippen LogP contribution in [0.4, 0.5) is 8.78 Å². The third-order valence-electron chi connectivity index (χ3n) is 3.74. The molecule has 0 bridgehead atoms. The van der Waals surface area contributed by atoms with Gasteiger partial charge >= 0.3 is 6.55 Å². The predicted molar refractivity (Wildman–Crippen MR) is 72.0 cm³/mol. The highest BCUT2D eigenvalue weighted by molar-refractivity contribution is 5.78. The highest BCUT2D eigenvalue weighted by Gasteiger charge is 2.41. The van der Waals surface area contributed by atoms with Crippen LogP contribution in [0.5, 0.6) is 0 Å². The molecule has 1 rings (SSSR count). The molecule has 112 valence electrons. The molecule has 1 unspecified atom stereocenters. The fourth-order valence-electron chi connectivity index (χ4n) is 2.70. The zero-order valence-corrected chi connectivity index (χ0v) is 12.8. The molecule has 1 atom stereocenters. The Labute approximate surface area is 114 Å². The number of carbonyl (C=O) groups is 1. The summed E-state index contributed by atoms with van der Waals surface area (Å²) in [6.07, 6.45) is 0.580. The maximum atomic E-state index is 12.9. The summed E-state index contributed by atoms with van der Waals surface area (Å²) >= 11 is 0. The fraction of sp³-hybridized carbons (Fsp3) is 0.929. The molecule has 5 heteroatoms. The number of halogens is 2. The van der Waals surface area contributed by atoms with E-state index in [1.807, 2.05) is 20.8 Å². The van der Waals surface area contributed by atoms with E-state index in [0.29, 0.717) is 11.3 Å². The first-order chi connectivity index (χ1) is 8.44. The summed E-state index contributed by atoms with van der Waals surface area (Å²) in [6.45, 7) is 9.86. The van der Waals surface area contributed by atoms with Crippen LogP contribution in [-0.2, 0) is 4.79 Å². The molecule has 19 heavy (non-hydrogen) atoms. The summed E-state index contributed by atoms with van der Waals surface area (Å²) in [4.78, 5) is 14.8. The van der Waals surface area contributed by atoms with E-state index in [0.717, 1.165) is 0 Å². The molecule has 1 fully saturated rings. The van der Waals surface area contributed by atoms with Crippen molar-refractivity contribution in [3.05, 3.63) is 0 Å². The molecule has 1 saturated heterocycles. The lowest BCUT2D eigenvalue weighted by Crippen LogP contribution is -2.54. The molecule has 0 N–H and O–H groups in total. The third kappa shape index (κ3) is 3.88. The zero-order valence-electron chi connectivity index (χ0n) is 12.8. The molecule has 1 aliphatic rings. The van der Waals surface area contributed by atoms with Crippen molar-refractivity contribution in [2.24, 2.45) is 5.41 Å². The van der Waals surface area contributed by atoms with Gasteiger partial charge < -0.3 is 0 Å². The quantitative estimate of drug-likeness (QED) is 0.687. The Morgan fingerprint density at radius 3 is 2.05 bits per heavy atom. The average molecular weight is 276 g/mol.